The van der Waals surface area contributed by atoms with Crippen LogP contribution in [-0.4, -0.2) is 50.3 Å². The molecule has 4 nitrogen and oxygen atoms in total. The van der Waals surface area contributed by atoms with Crippen molar-refractivity contribution in [1.29, 1.82) is 0 Å². The molecule has 0 radical (unpaired) electrons. The van der Waals surface area contributed by atoms with Gasteiger partial charge in [-0.3, -0.25) is 9.69 Å². The first-order valence-corrected chi connectivity index (χ1v) is 5.19. The fourth-order valence-corrected chi connectivity index (χ4v) is 1.59. The van der Waals surface area contributed by atoms with Crippen LogP contribution in [0.25, 0.3) is 0 Å². The normalized spacial score (nSPS) is 22.4. The number of carbonyl (C=O) groups is 1. The Hall–Kier alpha value is -0.870. The summed E-state index contributed by atoms with van der Waals surface area (Å²) in [7, 11) is 1.41. The second-order valence-corrected chi connectivity index (χ2v) is 3.86. The lowest BCUT2D eigenvalue weighted by atomic mass is 10.2. The SMILES string of the molecule is C=C(C)CCN1CCOCC1C(=O)OC. The predicted octanol–water partition coefficient (Wildman–Crippen LogP) is 0.826. The summed E-state index contributed by atoms with van der Waals surface area (Å²) >= 11 is 0. The van der Waals surface area contributed by atoms with Gasteiger partial charge in [-0.1, -0.05) is 5.57 Å². The lowest BCUT2D eigenvalue weighted by Gasteiger charge is -2.33. The van der Waals surface area contributed by atoms with Crippen molar-refractivity contribution in [3.05, 3.63) is 12.2 Å². The molecule has 1 aliphatic heterocycles. The number of methoxy groups -OCH3 is 1. The Kier molecular flexibility index (Phi) is 4.78. The van der Waals surface area contributed by atoms with Crippen LogP contribution in [0.15, 0.2) is 12.2 Å². The van der Waals surface area contributed by atoms with E-state index in [9.17, 15) is 4.79 Å². The minimum absolute atomic E-state index is 0.212. The van der Waals surface area contributed by atoms with Crippen molar-refractivity contribution in [2.45, 2.75) is 19.4 Å². The molecule has 4 heteroatoms. The minimum atomic E-state index is -0.247. The molecule has 0 saturated carbocycles. The molecule has 0 amide bonds. The second-order valence-electron chi connectivity index (χ2n) is 3.86. The Morgan fingerprint density at radius 1 is 1.67 bits per heavy atom. The quantitative estimate of drug-likeness (QED) is 0.512. The highest BCUT2D eigenvalue weighted by atomic mass is 16.5. The maximum absolute atomic E-state index is 11.5. The van der Waals surface area contributed by atoms with Crippen molar-refractivity contribution in [2.24, 2.45) is 0 Å². The summed E-state index contributed by atoms with van der Waals surface area (Å²) in [5.74, 6) is -0.212. The number of ether oxygens (including phenoxy) is 2. The van der Waals surface area contributed by atoms with Crippen LogP contribution in [-0.2, 0) is 14.3 Å². The van der Waals surface area contributed by atoms with Gasteiger partial charge >= 0.3 is 5.97 Å². The maximum atomic E-state index is 11.5. The van der Waals surface area contributed by atoms with Crippen LogP contribution in [0.1, 0.15) is 13.3 Å². The summed E-state index contributed by atoms with van der Waals surface area (Å²) in [6.45, 7) is 8.60. The van der Waals surface area contributed by atoms with Gasteiger partial charge in [0.1, 0.15) is 6.04 Å². The van der Waals surface area contributed by atoms with Gasteiger partial charge in [-0.15, -0.1) is 6.58 Å². The highest BCUT2D eigenvalue weighted by Crippen LogP contribution is 2.10. The molecule has 15 heavy (non-hydrogen) atoms. The fourth-order valence-electron chi connectivity index (χ4n) is 1.59. The Morgan fingerprint density at radius 2 is 2.40 bits per heavy atom. The largest absolute Gasteiger partial charge is 0.468 e. The number of nitrogens with zero attached hydrogens (tertiary/aromatic N) is 1. The molecule has 1 atom stereocenters. The maximum Gasteiger partial charge on any atom is 0.325 e. The Labute approximate surface area is 90.8 Å². The zero-order chi connectivity index (χ0) is 11.3. The molecule has 0 spiro atoms. The second kappa shape index (κ2) is 5.88. The van der Waals surface area contributed by atoms with E-state index >= 15 is 0 Å². The summed E-state index contributed by atoms with van der Waals surface area (Å²) in [5, 5.41) is 0. The number of hydrogen-bond acceptors (Lipinski definition) is 4. The molecule has 0 aliphatic carbocycles. The first kappa shape index (κ1) is 12.2. The van der Waals surface area contributed by atoms with E-state index in [4.69, 9.17) is 9.47 Å². The van der Waals surface area contributed by atoms with Gasteiger partial charge in [-0.25, -0.2) is 0 Å². The van der Waals surface area contributed by atoms with Crippen LogP contribution < -0.4 is 0 Å². The molecular formula is C11H19NO3. The van der Waals surface area contributed by atoms with Crippen molar-refractivity contribution in [3.8, 4) is 0 Å². The summed E-state index contributed by atoms with van der Waals surface area (Å²) in [6.07, 6.45) is 0.910. The summed E-state index contributed by atoms with van der Waals surface area (Å²) in [6, 6.07) is -0.247. The van der Waals surface area contributed by atoms with Gasteiger partial charge in [0.15, 0.2) is 0 Å². The molecule has 0 aromatic heterocycles. The highest BCUT2D eigenvalue weighted by Gasteiger charge is 2.29. The molecule has 1 fully saturated rings. The topological polar surface area (TPSA) is 38.8 Å². The summed E-state index contributed by atoms with van der Waals surface area (Å²) < 4.78 is 10.0. The van der Waals surface area contributed by atoms with Crippen LogP contribution in [0.3, 0.4) is 0 Å². The average molecular weight is 213 g/mol. The van der Waals surface area contributed by atoms with E-state index in [1.165, 1.54) is 7.11 Å². The lowest BCUT2D eigenvalue weighted by Crippen LogP contribution is -2.50. The summed E-state index contributed by atoms with van der Waals surface area (Å²) in [5.41, 5.74) is 1.13. The van der Waals surface area contributed by atoms with Crippen molar-refractivity contribution < 1.29 is 14.3 Å². The van der Waals surface area contributed by atoms with Crippen LogP contribution in [0.2, 0.25) is 0 Å². The van der Waals surface area contributed by atoms with E-state index in [1.54, 1.807) is 0 Å². The Morgan fingerprint density at radius 3 is 3.00 bits per heavy atom. The third-order valence-corrected chi connectivity index (χ3v) is 2.54. The van der Waals surface area contributed by atoms with Crippen molar-refractivity contribution in [1.82, 2.24) is 4.90 Å². The van der Waals surface area contributed by atoms with Crippen molar-refractivity contribution >= 4 is 5.97 Å². The van der Waals surface area contributed by atoms with Crippen LogP contribution >= 0.6 is 0 Å². The van der Waals surface area contributed by atoms with E-state index in [-0.39, 0.29) is 12.0 Å². The first-order chi connectivity index (χ1) is 7.15. The molecule has 1 rings (SSSR count). The molecule has 1 unspecified atom stereocenters. The number of hydrogen-bond donors (Lipinski definition) is 0. The lowest BCUT2D eigenvalue weighted by molar-refractivity contribution is -0.153. The van der Waals surface area contributed by atoms with Gasteiger partial charge in [0.2, 0.25) is 0 Å². The molecule has 0 aromatic rings. The number of carbonyl (C=O) groups excluding carboxylic acids is 1. The molecule has 1 aliphatic rings. The van der Waals surface area contributed by atoms with E-state index in [0.29, 0.717) is 13.2 Å². The first-order valence-electron chi connectivity index (χ1n) is 5.19. The fraction of sp³-hybridized carbons (Fsp3) is 0.727. The van der Waals surface area contributed by atoms with Crippen LogP contribution in [0.4, 0.5) is 0 Å². The zero-order valence-electron chi connectivity index (χ0n) is 9.49. The standard InChI is InChI=1S/C11H19NO3/c1-9(2)4-5-12-6-7-15-8-10(12)11(13)14-3/h10H,1,4-8H2,2-3H3. The monoisotopic (exact) mass is 213 g/mol. The van der Waals surface area contributed by atoms with Gasteiger partial charge in [0.05, 0.1) is 20.3 Å². The molecule has 1 heterocycles. The van der Waals surface area contributed by atoms with E-state index in [0.717, 1.165) is 25.1 Å². The van der Waals surface area contributed by atoms with Gasteiger partial charge in [0, 0.05) is 13.1 Å². The highest BCUT2D eigenvalue weighted by molar-refractivity contribution is 5.75. The Bertz CT molecular complexity index is 240. The predicted molar refractivity (Wildman–Crippen MR) is 57.6 cm³/mol. The average Bonchev–Trinajstić information content (AvgIpc) is 2.25. The van der Waals surface area contributed by atoms with Gasteiger partial charge < -0.3 is 9.47 Å². The number of esters is 1. The molecule has 86 valence electrons. The number of rotatable bonds is 4. The number of morpholine rings is 1. The smallest absolute Gasteiger partial charge is 0.325 e. The molecular weight excluding hydrogens is 194 g/mol. The molecule has 0 aromatic carbocycles. The van der Waals surface area contributed by atoms with Gasteiger partial charge in [-0.05, 0) is 13.3 Å². The molecule has 0 N–H and O–H groups in total. The zero-order valence-corrected chi connectivity index (χ0v) is 9.49. The third-order valence-electron chi connectivity index (χ3n) is 2.54. The van der Waals surface area contributed by atoms with Gasteiger partial charge in [0.25, 0.3) is 0 Å². The van der Waals surface area contributed by atoms with E-state index < -0.39 is 0 Å². The molecule has 1 saturated heterocycles. The van der Waals surface area contributed by atoms with Gasteiger partial charge in [-0.2, -0.15) is 0 Å². The minimum Gasteiger partial charge on any atom is -0.468 e. The van der Waals surface area contributed by atoms with Crippen molar-refractivity contribution in [2.75, 3.05) is 33.4 Å². The van der Waals surface area contributed by atoms with Crippen molar-refractivity contribution in [3.63, 3.8) is 0 Å². The molecule has 0 bridgehead atoms. The van der Waals surface area contributed by atoms with Crippen LogP contribution in [0, 0.1) is 0 Å². The Balaban J connectivity index is 2.49. The third kappa shape index (κ3) is 3.64. The summed E-state index contributed by atoms with van der Waals surface area (Å²) in [4.78, 5) is 13.6. The van der Waals surface area contributed by atoms with Crippen LogP contribution in [0.5, 0.6) is 0 Å². The van der Waals surface area contributed by atoms with E-state index in [2.05, 4.69) is 11.5 Å². The van der Waals surface area contributed by atoms with E-state index in [1.807, 2.05) is 6.92 Å².